The highest BCUT2D eigenvalue weighted by Crippen LogP contribution is 2.29. The molecule has 28 heavy (non-hydrogen) atoms. The third-order valence-electron chi connectivity index (χ3n) is 5.06. The predicted molar refractivity (Wildman–Crippen MR) is 108 cm³/mol. The first-order chi connectivity index (χ1) is 13.9. The lowest BCUT2D eigenvalue weighted by atomic mass is 10.2. The Bertz CT molecular complexity index is 897. The van der Waals surface area contributed by atoms with Gasteiger partial charge in [-0.15, -0.1) is 10.2 Å². The minimum Gasteiger partial charge on any atom is -0.376 e. The van der Waals surface area contributed by atoms with Crippen molar-refractivity contribution in [2.45, 2.75) is 49.2 Å². The van der Waals surface area contributed by atoms with Gasteiger partial charge in [-0.25, -0.2) is 0 Å². The van der Waals surface area contributed by atoms with Crippen LogP contribution in [0.2, 0.25) is 0 Å². The molecule has 3 aromatic rings. The molecule has 0 N–H and O–H groups in total. The summed E-state index contributed by atoms with van der Waals surface area (Å²) in [4.78, 5) is 6.83. The normalized spacial score (nSPS) is 19.7. The fraction of sp³-hybridized carbons (Fsp3) is 0.556. The van der Waals surface area contributed by atoms with Crippen LogP contribution >= 0.6 is 23.1 Å². The van der Waals surface area contributed by atoms with E-state index < -0.39 is 0 Å². The average Bonchev–Trinajstić information content (AvgIpc) is 3.53. The molecule has 2 saturated heterocycles. The Hall–Kier alpha value is -1.91. The standard InChI is InChI=1S/C18H22N6O2S2/c1-2-7-23(6-1)17-20-21-18(24(17)10-14-4-3-8-25-14)28-12-15-19-16(26-22-15)13-5-9-27-11-13/h5,9,11,14H,1-4,6-8,10,12H2/t14-/m0/s1. The Morgan fingerprint density at radius 1 is 1.21 bits per heavy atom. The number of aromatic nitrogens is 5. The van der Waals surface area contributed by atoms with Crippen molar-refractivity contribution in [3.05, 3.63) is 22.7 Å². The first kappa shape index (κ1) is 18.1. The summed E-state index contributed by atoms with van der Waals surface area (Å²) in [6.07, 6.45) is 4.89. The van der Waals surface area contributed by atoms with Gasteiger partial charge in [0, 0.05) is 25.1 Å². The molecule has 2 aliphatic rings. The van der Waals surface area contributed by atoms with E-state index in [4.69, 9.17) is 9.26 Å². The molecule has 148 valence electrons. The van der Waals surface area contributed by atoms with Crippen molar-refractivity contribution in [2.24, 2.45) is 0 Å². The molecule has 2 fully saturated rings. The lowest BCUT2D eigenvalue weighted by Gasteiger charge is -2.20. The summed E-state index contributed by atoms with van der Waals surface area (Å²) in [7, 11) is 0. The molecular weight excluding hydrogens is 396 g/mol. The Kier molecular flexibility index (Phi) is 5.32. The summed E-state index contributed by atoms with van der Waals surface area (Å²) < 4.78 is 13.5. The van der Waals surface area contributed by atoms with Crippen molar-refractivity contribution >= 4 is 29.0 Å². The van der Waals surface area contributed by atoms with Gasteiger partial charge in [-0.05, 0) is 37.1 Å². The summed E-state index contributed by atoms with van der Waals surface area (Å²) >= 11 is 3.21. The lowest BCUT2D eigenvalue weighted by molar-refractivity contribution is 0.0952. The van der Waals surface area contributed by atoms with E-state index in [0.717, 1.165) is 55.8 Å². The molecule has 10 heteroatoms. The van der Waals surface area contributed by atoms with Crippen LogP contribution in [0.3, 0.4) is 0 Å². The molecule has 1 atom stereocenters. The highest BCUT2D eigenvalue weighted by molar-refractivity contribution is 7.98. The Morgan fingerprint density at radius 3 is 2.93 bits per heavy atom. The topological polar surface area (TPSA) is 82.1 Å². The van der Waals surface area contributed by atoms with E-state index in [2.05, 4.69) is 29.8 Å². The number of rotatable bonds is 7. The van der Waals surface area contributed by atoms with Gasteiger partial charge in [0.1, 0.15) is 0 Å². The van der Waals surface area contributed by atoms with Gasteiger partial charge in [0.05, 0.1) is 24.0 Å². The number of thiophene rings is 1. The van der Waals surface area contributed by atoms with Crippen LogP contribution < -0.4 is 4.90 Å². The Balaban J connectivity index is 1.32. The van der Waals surface area contributed by atoms with Crippen molar-refractivity contribution in [1.82, 2.24) is 24.9 Å². The number of thioether (sulfide) groups is 1. The van der Waals surface area contributed by atoms with Gasteiger partial charge in [0.2, 0.25) is 5.95 Å². The van der Waals surface area contributed by atoms with E-state index in [1.165, 1.54) is 12.8 Å². The monoisotopic (exact) mass is 418 g/mol. The largest absolute Gasteiger partial charge is 0.376 e. The molecule has 0 aromatic carbocycles. The van der Waals surface area contributed by atoms with Crippen LogP contribution in [0.4, 0.5) is 5.95 Å². The summed E-state index contributed by atoms with van der Waals surface area (Å²) in [6, 6.07) is 1.98. The quantitative estimate of drug-likeness (QED) is 0.540. The fourth-order valence-corrected chi connectivity index (χ4v) is 5.05. The minimum atomic E-state index is 0.243. The Labute approximate surface area is 171 Å². The van der Waals surface area contributed by atoms with Gasteiger partial charge >= 0.3 is 0 Å². The smallest absolute Gasteiger partial charge is 0.258 e. The maximum absolute atomic E-state index is 5.86. The Morgan fingerprint density at radius 2 is 2.14 bits per heavy atom. The van der Waals surface area contributed by atoms with Crippen molar-refractivity contribution in [1.29, 1.82) is 0 Å². The molecule has 3 aromatic heterocycles. The van der Waals surface area contributed by atoms with Crippen molar-refractivity contribution in [3.63, 3.8) is 0 Å². The molecule has 0 spiro atoms. The van der Waals surface area contributed by atoms with Crippen LogP contribution in [0, 0.1) is 0 Å². The highest BCUT2D eigenvalue weighted by Gasteiger charge is 2.25. The molecule has 2 aliphatic heterocycles. The predicted octanol–water partition coefficient (Wildman–Crippen LogP) is 3.46. The first-order valence-corrected chi connectivity index (χ1v) is 11.6. The van der Waals surface area contributed by atoms with E-state index in [-0.39, 0.29) is 6.10 Å². The van der Waals surface area contributed by atoms with E-state index in [9.17, 15) is 0 Å². The van der Waals surface area contributed by atoms with Gasteiger partial charge in [0.15, 0.2) is 11.0 Å². The SMILES string of the molecule is c1cc(-c2nc(CSc3nnc(N4CCCC4)n3C[C@@H]3CCCO3)no2)cs1. The average molecular weight is 419 g/mol. The van der Waals surface area contributed by atoms with Gasteiger partial charge in [-0.1, -0.05) is 16.9 Å². The van der Waals surface area contributed by atoms with Crippen LogP contribution in [0.15, 0.2) is 26.5 Å². The van der Waals surface area contributed by atoms with Gasteiger partial charge in [0.25, 0.3) is 5.89 Å². The number of hydrogen-bond donors (Lipinski definition) is 0. The molecule has 5 rings (SSSR count). The molecule has 0 saturated carbocycles. The molecule has 0 bridgehead atoms. The molecule has 0 amide bonds. The highest BCUT2D eigenvalue weighted by atomic mass is 32.2. The zero-order valence-electron chi connectivity index (χ0n) is 15.5. The maximum atomic E-state index is 5.86. The second-order valence-electron chi connectivity index (χ2n) is 7.04. The zero-order chi connectivity index (χ0) is 18.8. The summed E-state index contributed by atoms with van der Waals surface area (Å²) in [5.74, 6) is 2.79. The fourth-order valence-electron chi connectivity index (χ4n) is 3.64. The molecule has 0 aliphatic carbocycles. The third-order valence-corrected chi connectivity index (χ3v) is 6.71. The van der Waals surface area contributed by atoms with Crippen molar-refractivity contribution in [2.75, 3.05) is 24.6 Å². The van der Waals surface area contributed by atoms with E-state index in [0.29, 0.717) is 17.5 Å². The van der Waals surface area contributed by atoms with Gasteiger partial charge in [-0.2, -0.15) is 16.3 Å². The maximum Gasteiger partial charge on any atom is 0.258 e. The van der Waals surface area contributed by atoms with E-state index in [1.54, 1.807) is 23.1 Å². The molecule has 0 unspecified atom stereocenters. The van der Waals surface area contributed by atoms with Crippen molar-refractivity contribution < 1.29 is 9.26 Å². The summed E-state index contributed by atoms with van der Waals surface area (Å²) in [5, 5.41) is 18.0. The van der Waals surface area contributed by atoms with Crippen LogP contribution in [0.1, 0.15) is 31.5 Å². The molecule has 5 heterocycles. The first-order valence-electron chi connectivity index (χ1n) is 9.64. The summed E-state index contributed by atoms with van der Waals surface area (Å²) in [6.45, 7) is 3.74. The lowest BCUT2D eigenvalue weighted by Crippen LogP contribution is -2.25. The minimum absolute atomic E-state index is 0.243. The van der Waals surface area contributed by atoms with Crippen molar-refractivity contribution in [3.8, 4) is 11.5 Å². The number of anilines is 1. The van der Waals surface area contributed by atoms with E-state index in [1.807, 2.05) is 16.8 Å². The number of ether oxygens (including phenoxy) is 1. The van der Waals surface area contributed by atoms with Crippen LogP contribution in [-0.4, -0.2) is 50.7 Å². The number of nitrogens with zero attached hydrogens (tertiary/aromatic N) is 6. The second-order valence-corrected chi connectivity index (χ2v) is 8.76. The third kappa shape index (κ3) is 3.81. The van der Waals surface area contributed by atoms with Crippen LogP contribution in [0.25, 0.3) is 11.5 Å². The second kappa shape index (κ2) is 8.22. The van der Waals surface area contributed by atoms with Gasteiger partial charge < -0.3 is 14.2 Å². The van der Waals surface area contributed by atoms with Gasteiger partial charge in [-0.3, -0.25) is 4.57 Å². The van der Waals surface area contributed by atoms with Crippen LogP contribution in [0.5, 0.6) is 0 Å². The van der Waals surface area contributed by atoms with Crippen LogP contribution in [-0.2, 0) is 17.0 Å². The molecular formula is C18H22N6O2S2. The number of hydrogen-bond acceptors (Lipinski definition) is 9. The summed E-state index contributed by atoms with van der Waals surface area (Å²) in [5.41, 5.74) is 0.964. The molecule has 0 radical (unpaired) electrons. The zero-order valence-corrected chi connectivity index (χ0v) is 17.1. The van der Waals surface area contributed by atoms with E-state index >= 15 is 0 Å². The molecule has 8 nitrogen and oxygen atoms in total.